The lowest BCUT2D eigenvalue weighted by Crippen LogP contribution is -2.08. The fourth-order valence-corrected chi connectivity index (χ4v) is 0.941. The van der Waals surface area contributed by atoms with E-state index in [1.54, 1.807) is 18.1 Å². The van der Waals surface area contributed by atoms with E-state index in [9.17, 15) is 9.59 Å². The van der Waals surface area contributed by atoms with Gasteiger partial charge in [-0.15, -0.1) is 0 Å². The minimum atomic E-state index is 0.124. The number of rotatable bonds is 2. The lowest BCUT2D eigenvalue weighted by molar-refractivity contribution is -0.104. The van der Waals surface area contributed by atoms with E-state index in [0.29, 0.717) is 12.0 Å². The molecule has 66 valence electrons. The minimum Gasteiger partial charge on any atom is -0.399 e. The van der Waals surface area contributed by atoms with Gasteiger partial charge >= 0.3 is 0 Å². The first kappa shape index (κ1) is 9.16. The molecule has 4 nitrogen and oxygen atoms in total. The van der Waals surface area contributed by atoms with Crippen LogP contribution in [-0.4, -0.2) is 25.0 Å². The third-order valence-electron chi connectivity index (χ3n) is 1.49. The van der Waals surface area contributed by atoms with Gasteiger partial charge in [-0.3, -0.25) is 4.79 Å². The van der Waals surface area contributed by atoms with Crippen LogP contribution in [0.4, 0.5) is 0 Å². The van der Waals surface area contributed by atoms with Crippen molar-refractivity contribution in [1.29, 1.82) is 0 Å². The van der Waals surface area contributed by atoms with Gasteiger partial charge in [-0.2, -0.15) is 0 Å². The maximum atomic E-state index is 10.5. The highest BCUT2D eigenvalue weighted by Crippen LogP contribution is 2.12. The SMILES string of the molecule is CO/N=C1/C=CC=C(C=O)C1=C=O. The van der Waals surface area contributed by atoms with Crippen LogP contribution in [-0.2, 0) is 14.4 Å². The number of carbonyl (C=O) groups is 1. The first-order valence-electron chi connectivity index (χ1n) is 3.54. The number of hydrogen-bond acceptors (Lipinski definition) is 4. The van der Waals surface area contributed by atoms with Crippen molar-refractivity contribution in [2.75, 3.05) is 7.11 Å². The van der Waals surface area contributed by atoms with Gasteiger partial charge in [0.15, 0.2) is 6.29 Å². The van der Waals surface area contributed by atoms with E-state index in [1.165, 1.54) is 13.2 Å². The van der Waals surface area contributed by atoms with E-state index in [4.69, 9.17) is 0 Å². The first-order valence-corrected chi connectivity index (χ1v) is 3.54. The Bertz CT molecular complexity index is 357. The Kier molecular flexibility index (Phi) is 2.95. The van der Waals surface area contributed by atoms with Crippen LogP contribution in [0.1, 0.15) is 0 Å². The summed E-state index contributed by atoms with van der Waals surface area (Å²) in [6, 6.07) is 0. The van der Waals surface area contributed by atoms with Crippen LogP contribution < -0.4 is 0 Å². The Morgan fingerprint density at radius 1 is 1.62 bits per heavy atom. The minimum absolute atomic E-state index is 0.124. The molecular weight excluding hydrogens is 170 g/mol. The van der Waals surface area contributed by atoms with E-state index in [0.717, 1.165) is 0 Å². The largest absolute Gasteiger partial charge is 0.399 e. The van der Waals surface area contributed by atoms with Gasteiger partial charge in [0.25, 0.3) is 0 Å². The summed E-state index contributed by atoms with van der Waals surface area (Å²) in [5.41, 5.74) is 0.690. The summed E-state index contributed by atoms with van der Waals surface area (Å²) in [7, 11) is 1.36. The predicted octanol–water partition coefficient (Wildman–Crippen LogP) is 0.442. The standard InChI is InChI=1S/C9H7NO3/c1-13-10-9-4-2-3-7(5-11)8(9)6-12/h2-5H,1H3/b10-9-. The van der Waals surface area contributed by atoms with E-state index < -0.39 is 0 Å². The van der Waals surface area contributed by atoms with Crippen LogP contribution in [0.15, 0.2) is 34.5 Å². The normalized spacial score (nSPS) is 18.1. The lowest BCUT2D eigenvalue weighted by Gasteiger charge is -2.04. The Balaban J connectivity index is 3.15. The molecule has 0 aliphatic heterocycles. The topological polar surface area (TPSA) is 55.7 Å². The average Bonchev–Trinajstić information content (AvgIpc) is 2.18. The molecule has 0 bridgehead atoms. The smallest absolute Gasteiger partial charge is 0.151 e. The highest BCUT2D eigenvalue weighted by atomic mass is 16.6. The molecule has 0 atom stereocenters. The van der Waals surface area contributed by atoms with Crippen molar-refractivity contribution in [2.45, 2.75) is 0 Å². The van der Waals surface area contributed by atoms with E-state index in [2.05, 4.69) is 9.99 Å². The van der Waals surface area contributed by atoms with Gasteiger partial charge in [0.1, 0.15) is 18.8 Å². The van der Waals surface area contributed by atoms with E-state index in [-0.39, 0.29) is 11.1 Å². The molecule has 1 aliphatic carbocycles. The molecule has 0 amide bonds. The number of oxime groups is 1. The number of hydrogen-bond donors (Lipinski definition) is 0. The summed E-state index contributed by atoms with van der Waals surface area (Å²) in [6.07, 6.45) is 5.27. The summed E-state index contributed by atoms with van der Waals surface area (Å²) in [5.74, 6) is 1.64. The zero-order valence-electron chi connectivity index (χ0n) is 6.98. The summed E-state index contributed by atoms with van der Waals surface area (Å²) in [4.78, 5) is 25.5. The van der Waals surface area contributed by atoms with Crippen molar-refractivity contribution in [3.05, 3.63) is 29.4 Å². The zero-order chi connectivity index (χ0) is 9.68. The van der Waals surface area contributed by atoms with Crippen LogP contribution in [0.3, 0.4) is 0 Å². The molecular formula is C9H7NO3. The molecule has 0 heterocycles. The second kappa shape index (κ2) is 4.18. The Morgan fingerprint density at radius 2 is 2.38 bits per heavy atom. The molecule has 0 aromatic rings. The summed E-state index contributed by atoms with van der Waals surface area (Å²) in [6.45, 7) is 0. The van der Waals surface area contributed by atoms with Crippen LogP contribution >= 0.6 is 0 Å². The maximum absolute atomic E-state index is 10.5. The van der Waals surface area contributed by atoms with Gasteiger partial charge in [-0.1, -0.05) is 17.3 Å². The summed E-state index contributed by atoms with van der Waals surface area (Å²) in [5, 5.41) is 3.56. The fourth-order valence-electron chi connectivity index (χ4n) is 0.941. The predicted molar refractivity (Wildman–Crippen MR) is 46.9 cm³/mol. The Labute approximate surface area is 74.9 Å². The van der Waals surface area contributed by atoms with Crippen molar-refractivity contribution < 1.29 is 14.4 Å². The van der Waals surface area contributed by atoms with Gasteiger partial charge in [0, 0.05) is 5.57 Å². The Hall–Kier alpha value is -1.93. The van der Waals surface area contributed by atoms with E-state index >= 15 is 0 Å². The highest BCUT2D eigenvalue weighted by Gasteiger charge is 2.14. The molecule has 0 saturated carbocycles. The van der Waals surface area contributed by atoms with Gasteiger partial charge in [-0.25, -0.2) is 4.79 Å². The second-order valence-corrected chi connectivity index (χ2v) is 2.24. The molecule has 0 N–H and O–H groups in total. The van der Waals surface area contributed by atoms with Crippen LogP contribution in [0.2, 0.25) is 0 Å². The molecule has 1 rings (SSSR count). The molecule has 0 spiro atoms. The molecule has 0 fully saturated rings. The summed E-state index contributed by atoms with van der Waals surface area (Å²) < 4.78 is 0. The van der Waals surface area contributed by atoms with Crippen molar-refractivity contribution in [3.63, 3.8) is 0 Å². The van der Waals surface area contributed by atoms with Crippen molar-refractivity contribution in [3.8, 4) is 0 Å². The lowest BCUT2D eigenvalue weighted by atomic mass is 9.99. The highest BCUT2D eigenvalue weighted by molar-refractivity contribution is 6.21. The molecule has 4 heteroatoms. The van der Waals surface area contributed by atoms with Crippen LogP contribution in [0.5, 0.6) is 0 Å². The van der Waals surface area contributed by atoms with E-state index in [1.807, 2.05) is 0 Å². The van der Waals surface area contributed by atoms with Crippen molar-refractivity contribution >= 4 is 17.9 Å². The first-order chi connectivity index (χ1) is 6.33. The third-order valence-corrected chi connectivity index (χ3v) is 1.49. The van der Waals surface area contributed by atoms with Crippen LogP contribution in [0, 0.1) is 0 Å². The van der Waals surface area contributed by atoms with Gasteiger partial charge < -0.3 is 4.84 Å². The van der Waals surface area contributed by atoms with Gasteiger partial charge in [-0.05, 0) is 6.08 Å². The van der Waals surface area contributed by atoms with Crippen LogP contribution in [0.25, 0.3) is 0 Å². The van der Waals surface area contributed by atoms with Gasteiger partial charge in [0.05, 0.1) is 5.57 Å². The molecule has 0 aromatic carbocycles. The average molecular weight is 177 g/mol. The van der Waals surface area contributed by atoms with Crippen molar-refractivity contribution in [1.82, 2.24) is 0 Å². The quantitative estimate of drug-likeness (QED) is 0.349. The second-order valence-electron chi connectivity index (χ2n) is 2.24. The van der Waals surface area contributed by atoms with Gasteiger partial charge in [0.2, 0.25) is 0 Å². The molecule has 0 radical (unpaired) electrons. The molecule has 1 aliphatic rings. The molecule has 0 unspecified atom stereocenters. The number of aldehydes is 1. The zero-order valence-corrected chi connectivity index (χ0v) is 6.98. The molecule has 13 heavy (non-hydrogen) atoms. The fraction of sp³-hybridized carbons (Fsp3) is 0.111. The molecule has 0 saturated heterocycles. The molecule has 0 aromatic heterocycles. The Morgan fingerprint density at radius 3 is 2.92 bits per heavy atom. The maximum Gasteiger partial charge on any atom is 0.151 e. The third kappa shape index (κ3) is 1.80. The number of nitrogens with zero attached hydrogens (tertiary/aromatic N) is 1. The summed E-state index contributed by atoms with van der Waals surface area (Å²) >= 11 is 0. The van der Waals surface area contributed by atoms with Crippen molar-refractivity contribution in [2.24, 2.45) is 5.16 Å². The number of allylic oxidation sites excluding steroid dienone is 5. The number of carbonyl (C=O) groups excluding carboxylic acids is 2. The monoisotopic (exact) mass is 177 g/mol.